The summed E-state index contributed by atoms with van der Waals surface area (Å²) in [6.45, 7) is 6.55. The standard InChI is InChI=1S/C21H22O3/c1-4-5-10-23-21(22)24-20-18-9-7-6-8-16(18)13-17-12-14(2)11-15(3)19(17)20/h6-9,11-13H,4-5,10H2,1-3H3. The number of rotatable bonds is 4. The van der Waals surface area contributed by atoms with Crippen molar-refractivity contribution in [2.75, 3.05) is 6.61 Å². The van der Waals surface area contributed by atoms with E-state index in [1.807, 2.05) is 31.2 Å². The maximum atomic E-state index is 12.1. The lowest BCUT2D eigenvalue weighted by atomic mass is 9.97. The first-order chi connectivity index (χ1) is 11.6. The second-order valence-corrected chi connectivity index (χ2v) is 6.16. The third-order valence-corrected chi connectivity index (χ3v) is 4.16. The number of carbonyl (C=O) groups is 1. The Labute approximate surface area is 142 Å². The largest absolute Gasteiger partial charge is 0.513 e. The number of fused-ring (bicyclic) bond motifs is 2. The predicted octanol–water partition coefficient (Wildman–Crippen LogP) is 5.93. The fourth-order valence-electron chi connectivity index (χ4n) is 3.07. The lowest BCUT2D eigenvalue weighted by Gasteiger charge is -2.14. The quantitative estimate of drug-likeness (QED) is 0.259. The number of unbranched alkanes of at least 4 members (excludes halogenated alkanes) is 1. The number of benzene rings is 3. The van der Waals surface area contributed by atoms with E-state index in [1.165, 1.54) is 5.56 Å². The zero-order valence-corrected chi connectivity index (χ0v) is 14.4. The molecule has 0 aliphatic rings. The van der Waals surface area contributed by atoms with Gasteiger partial charge in [-0.25, -0.2) is 4.79 Å². The van der Waals surface area contributed by atoms with Gasteiger partial charge in [0.15, 0.2) is 0 Å². The van der Waals surface area contributed by atoms with Crippen molar-refractivity contribution in [3.63, 3.8) is 0 Å². The molecule has 0 N–H and O–H groups in total. The SMILES string of the molecule is CCCCOC(=O)Oc1c2ccccc2cc2cc(C)cc(C)c12. The van der Waals surface area contributed by atoms with Gasteiger partial charge >= 0.3 is 6.16 Å². The molecule has 3 rings (SSSR count). The zero-order valence-electron chi connectivity index (χ0n) is 14.4. The van der Waals surface area contributed by atoms with Crippen molar-refractivity contribution in [3.8, 4) is 5.75 Å². The van der Waals surface area contributed by atoms with Crippen LogP contribution in [0.3, 0.4) is 0 Å². The van der Waals surface area contributed by atoms with E-state index in [9.17, 15) is 4.79 Å². The molecule has 124 valence electrons. The highest BCUT2D eigenvalue weighted by Gasteiger charge is 2.15. The van der Waals surface area contributed by atoms with Gasteiger partial charge in [-0.2, -0.15) is 0 Å². The Bertz CT molecular complexity index is 896. The first kappa shape index (κ1) is 16.3. The molecule has 0 radical (unpaired) electrons. The van der Waals surface area contributed by atoms with Gasteiger partial charge in [0.2, 0.25) is 0 Å². The van der Waals surface area contributed by atoms with Crippen molar-refractivity contribution >= 4 is 27.7 Å². The molecule has 3 aromatic carbocycles. The highest BCUT2D eigenvalue weighted by Crippen LogP contribution is 2.37. The lowest BCUT2D eigenvalue weighted by molar-refractivity contribution is 0.0988. The van der Waals surface area contributed by atoms with Crippen LogP contribution in [0, 0.1) is 13.8 Å². The molecule has 0 spiro atoms. The molecule has 0 unspecified atom stereocenters. The van der Waals surface area contributed by atoms with Gasteiger partial charge < -0.3 is 9.47 Å². The second kappa shape index (κ2) is 6.91. The molecule has 3 aromatic rings. The van der Waals surface area contributed by atoms with Gasteiger partial charge in [-0.1, -0.05) is 55.3 Å². The molecule has 0 aliphatic carbocycles. The van der Waals surface area contributed by atoms with Gasteiger partial charge in [0.05, 0.1) is 6.61 Å². The fraction of sp³-hybridized carbons (Fsp3) is 0.286. The Kier molecular flexibility index (Phi) is 4.70. The lowest BCUT2D eigenvalue weighted by Crippen LogP contribution is -2.12. The summed E-state index contributed by atoms with van der Waals surface area (Å²) in [4.78, 5) is 12.1. The van der Waals surface area contributed by atoms with Crippen molar-refractivity contribution < 1.29 is 14.3 Å². The number of ether oxygens (including phenoxy) is 2. The van der Waals surface area contributed by atoms with Crippen molar-refractivity contribution in [1.29, 1.82) is 0 Å². The average molecular weight is 322 g/mol. The van der Waals surface area contributed by atoms with Crippen LogP contribution in [0.15, 0.2) is 42.5 Å². The van der Waals surface area contributed by atoms with Gasteiger partial charge in [-0.3, -0.25) is 0 Å². The fourth-order valence-corrected chi connectivity index (χ4v) is 3.07. The van der Waals surface area contributed by atoms with E-state index >= 15 is 0 Å². The van der Waals surface area contributed by atoms with E-state index < -0.39 is 6.16 Å². The van der Waals surface area contributed by atoms with Crippen molar-refractivity contribution in [2.24, 2.45) is 0 Å². The van der Waals surface area contributed by atoms with Crippen molar-refractivity contribution in [1.82, 2.24) is 0 Å². The van der Waals surface area contributed by atoms with Crippen LogP contribution in [-0.2, 0) is 4.74 Å². The van der Waals surface area contributed by atoms with Crippen molar-refractivity contribution in [2.45, 2.75) is 33.6 Å². The number of carbonyl (C=O) groups excluding carboxylic acids is 1. The molecule has 0 atom stereocenters. The molecule has 0 fully saturated rings. The minimum Gasteiger partial charge on any atom is -0.434 e. The van der Waals surface area contributed by atoms with E-state index in [4.69, 9.17) is 9.47 Å². The maximum Gasteiger partial charge on any atom is 0.513 e. The summed E-state index contributed by atoms with van der Waals surface area (Å²) in [6, 6.07) is 14.3. The molecular formula is C21H22O3. The summed E-state index contributed by atoms with van der Waals surface area (Å²) in [5.74, 6) is 0.585. The molecule has 0 bridgehead atoms. The Morgan fingerprint density at radius 2 is 1.83 bits per heavy atom. The Balaban J connectivity index is 2.13. The molecule has 0 saturated heterocycles. The van der Waals surface area contributed by atoms with Crippen LogP contribution in [0.1, 0.15) is 30.9 Å². The van der Waals surface area contributed by atoms with E-state index in [1.54, 1.807) is 0 Å². The van der Waals surface area contributed by atoms with E-state index in [0.717, 1.165) is 39.9 Å². The maximum absolute atomic E-state index is 12.1. The van der Waals surface area contributed by atoms with Crippen molar-refractivity contribution in [3.05, 3.63) is 53.6 Å². The molecule has 3 nitrogen and oxygen atoms in total. The Hall–Kier alpha value is -2.55. The Morgan fingerprint density at radius 3 is 2.62 bits per heavy atom. The summed E-state index contributed by atoms with van der Waals surface area (Å²) < 4.78 is 10.8. The number of hydrogen-bond donors (Lipinski definition) is 0. The minimum atomic E-state index is -0.638. The van der Waals surface area contributed by atoms with Crippen LogP contribution in [0.2, 0.25) is 0 Å². The van der Waals surface area contributed by atoms with E-state index in [-0.39, 0.29) is 0 Å². The summed E-state index contributed by atoms with van der Waals surface area (Å²) in [5, 5.41) is 4.00. The van der Waals surface area contributed by atoms with Crippen LogP contribution in [0.4, 0.5) is 4.79 Å². The molecule has 0 aromatic heterocycles. The highest BCUT2D eigenvalue weighted by atomic mass is 16.7. The normalized spacial score (nSPS) is 11.0. The van der Waals surface area contributed by atoms with Gasteiger partial charge in [0, 0.05) is 10.8 Å². The second-order valence-electron chi connectivity index (χ2n) is 6.16. The monoisotopic (exact) mass is 322 g/mol. The highest BCUT2D eigenvalue weighted by molar-refractivity contribution is 6.07. The summed E-state index contributed by atoms with van der Waals surface area (Å²) in [5.41, 5.74) is 2.28. The van der Waals surface area contributed by atoms with Crippen LogP contribution in [-0.4, -0.2) is 12.8 Å². The van der Waals surface area contributed by atoms with E-state index in [2.05, 4.69) is 32.0 Å². The summed E-state index contributed by atoms with van der Waals surface area (Å²) in [6.07, 6.45) is 1.17. The van der Waals surface area contributed by atoms with Gasteiger partial charge in [0.1, 0.15) is 5.75 Å². The molecule has 0 saturated carbocycles. The summed E-state index contributed by atoms with van der Waals surface area (Å²) in [7, 11) is 0. The van der Waals surface area contributed by atoms with Crippen LogP contribution in [0.5, 0.6) is 5.75 Å². The topological polar surface area (TPSA) is 35.5 Å². The van der Waals surface area contributed by atoms with E-state index in [0.29, 0.717) is 12.4 Å². The minimum absolute atomic E-state index is 0.385. The predicted molar refractivity (Wildman–Crippen MR) is 97.8 cm³/mol. The van der Waals surface area contributed by atoms with Gasteiger partial charge in [-0.15, -0.1) is 0 Å². The molecule has 0 aliphatic heterocycles. The third kappa shape index (κ3) is 3.21. The van der Waals surface area contributed by atoms with Crippen LogP contribution < -0.4 is 4.74 Å². The number of hydrogen-bond acceptors (Lipinski definition) is 3. The van der Waals surface area contributed by atoms with Gasteiger partial charge in [0.25, 0.3) is 0 Å². The molecule has 0 amide bonds. The molecule has 0 heterocycles. The van der Waals surface area contributed by atoms with Gasteiger partial charge in [-0.05, 0) is 42.7 Å². The third-order valence-electron chi connectivity index (χ3n) is 4.16. The molecule has 3 heteroatoms. The van der Waals surface area contributed by atoms with Crippen LogP contribution in [0.25, 0.3) is 21.5 Å². The molecular weight excluding hydrogens is 300 g/mol. The number of aryl methyl sites for hydroxylation is 2. The smallest absolute Gasteiger partial charge is 0.434 e. The first-order valence-corrected chi connectivity index (χ1v) is 8.37. The van der Waals surface area contributed by atoms with Crippen LogP contribution >= 0.6 is 0 Å². The molecule has 24 heavy (non-hydrogen) atoms. The Morgan fingerprint density at radius 1 is 1.04 bits per heavy atom. The zero-order chi connectivity index (χ0) is 17.1. The summed E-state index contributed by atoms with van der Waals surface area (Å²) >= 11 is 0. The average Bonchev–Trinajstić information content (AvgIpc) is 2.54. The first-order valence-electron chi connectivity index (χ1n) is 8.37.